The Morgan fingerprint density at radius 2 is 1.90 bits per heavy atom. The van der Waals surface area contributed by atoms with Gasteiger partial charge in [-0.15, -0.1) is 0 Å². The Balaban J connectivity index is 1.67. The summed E-state index contributed by atoms with van der Waals surface area (Å²) in [6.45, 7) is 0. The second kappa shape index (κ2) is 8.18. The maximum Gasteiger partial charge on any atom is 0.309 e. The van der Waals surface area contributed by atoms with Crippen molar-refractivity contribution in [1.82, 2.24) is 15.0 Å². The number of nitrogens with one attached hydrogen (secondary N) is 1. The number of rotatable bonds is 5. The molecule has 2 aromatic heterocycles. The summed E-state index contributed by atoms with van der Waals surface area (Å²) in [4.78, 5) is 12.3. The zero-order chi connectivity index (χ0) is 20.4. The van der Waals surface area contributed by atoms with Crippen LogP contribution in [0, 0.1) is 11.9 Å². The van der Waals surface area contributed by atoms with Crippen molar-refractivity contribution in [2.45, 2.75) is 4.90 Å². The van der Waals surface area contributed by atoms with Crippen molar-refractivity contribution in [3.05, 3.63) is 71.6 Å². The van der Waals surface area contributed by atoms with Crippen LogP contribution in [0.3, 0.4) is 0 Å². The third-order valence-electron chi connectivity index (χ3n) is 4.09. The van der Waals surface area contributed by atoms with Crippen LogP contribution in [-0.2, 0) is 0 Å². The third-order valence-corrected chi connectivity index (χ3v) is 5.40. The van der Waals surface area contributed by atoms with Gasteiger partial charge in [-0.3, -0.25) is 0 Å². The van der Waals surface area contributed by atoms with E-state index in [1.165, 1.54) is 19.4 Å². The highest BCUT2D eigenvalue weighted by Gasteiger charge is 2.15. The van der Waals surface area contributed by atoms with Gasteiger partial charge in [0.25, 0.3) is 0 Å². The van der Waals surface area contributed by atoms with E-state index < -0.39 is 11.9 Å². The van der Waals surface area contributed by atoms with E-state index in [2.05, 4.69) is 19.7 Å². The Kier molecular flexibility index (Phi) is 5.46. The van der Waals surface area contributed by atoms with E-state index in [4.69, 9.17) is 16.3 Å². The lowest BCUT2D eigenvalue weighted by atomic mass is 10.0. The highest BCUT2D eigenvalue weighted by molar-refractivity contribution is 8.00. The number of pyridine rings is 1. The highest BCUT2D eigenvalue weighted by atomic mass is 35.5. The number of nitrogens with zero attached hydrogens (tertiary/aromatic N) is 3. The standard InChI is InChI=1S/C20H13ClF2N4OS/c1-28-19-13(11-6-7-16-12(8-11)10-24-20(23)25-16)9-15(22)18(26-19)27-29-17-5-3-2-4-14(17)21/h2-10H,1H3,(H,26,27). The van der Waals surface area contributed by atoms with Gasteiger partial charge in [-0.2, -0.15) is 9.37 Å². The van der Waals surface area contributed by atoms with Crippen molar-refractivity contribution in [2.75, 3.05) is 11.8 Å². The van der Waals surface area contributed by atoms with Crippen molar-refractivity contribution in [3.8, 4) is 17.0 Å². The smallest absolute Gasteiger partial charge is 0.309 e. The van der Waals surface area contributed by atoms with Crippen LogP contribution in [0.5, 0.6) is 5.88 Å². The third kappa shape index (κ3) is 4.08. The first-order valence-electron chi connectivity index (χ1n) is 8.40. The van der Waals surface area contributed by atoms with Gasteiger partial charge in [0.15, 0.2) is 11.6 Å². The van der Waals surface area contributed by atoms with E-state index in [9.17, 15) is 8.78 Å². The minimum absolute atomic E-state index is 0.0155. The van der Waals surface area contributed by atoms with E-state index >= 15 is 0 Å². The summed E-state index contributed by atoms with van der Waals surface area (Å²) in [6, 6.07) is 13.6. The number of aromatic nitrogens is 3. The van der Waals surface area contributed by atoms with Gasteiger partial charge in [-0.1, -0.05) is 29.8 Å². The molecule has 4 aromatic rings. The van der Waals surface area contributed by atoms with Gasteiger partial charge in [0, 0.05) is 22.0 Å². The molecule has 0 fully saturated rings. The Hall–Kier alpha value is -2.97. The molecule has 146 valence electrons. The second-order valence-corrected chi connectivity index (χ2v) is 7.18. The Labute approximate surface area is 174 Å². The first-order chi connectivity index (χ1) is 14.0. The van der Waals surface area contributed by atoms with Crippen LogP contribution in [0.15, 0.2) is 59.6 Å². The number of benzene rings is 2. The summed E-state index contributed by atoms with van der Waals surface area (Å²) in [6.07, 6.45) is 0.565. The van der Waals surface area contributed by atoms with Crippen molar-refractivity contribution in [2.24, 2.45) is 0 Å². The molecule has 5 nitrogen and oxygen atoms in total. The van der Waals surface area contributed by atoms with Crippen LogP contribution in [0.2, 0.25) is 5.02 Å². The summed E-state index contributed by atoms with van der Waals surface area (Å²) < 4.78 is 36.1. The Morgan fingerprint density at radius 3 is 2.69 bits per heavy atom. The first-order valence-corrected chi connectivity index (χ1v) is 9.59. The van der Waals surface area contributed by atoms with Gasteiger partial charge in [0.05, 0.1) is 17.6 Å². The fraction of sp³-hybridized carbons (Fsp3) is 0.0500. The molecule has 0 radical (unpaired) electrons. The largest absolute Gasteiger partial charge is 0.480 e. The maximum atomic E-state index is 14.7. The quantitative estimate of drug-likeness (QED) is 0.321. The molecule has 2 heterocycles. The summed E-state index contributed by atoms with van der Waals surface area (Å²) >= 11 is 7.26. The number of ether oxygens (including phenoxy) is 1. The van der Waals surface area contributed by atoms with Crippen LogP contribution < -0.4 is 9.46 Å². The van der Waals surface area contributed by atoms with E-state index in [-0.39, 0.29) is 11.7 Å². The number of methoxy groups -OCH3 is 1. The van der Waals surface area contributed by atoms with Crippen LogP contribution >= 0.6 is 23.5 Å². The minimum atomic E-state index is -0.804. The summed E-state index contributed by atoms with van der Waals surface area (Å²) in [5.41, 5.74) is 1.54. The van der Waals surface area contributed by atoms with E-state index in [1.807, 2.05) is 18.2 Å². The van der Waals surface area contributed by atoms with Crippen LogP contribution in [0.4, 0.5) is 14.6 Å². The average molecular weight is 431 g/mol. The number of hydrogen-bond acceptors (Lipinski definition) is 6. The zero-order valence-corrected chi connectivity index (χ0v) is 16.6. The zero-order valence-electron chi connectivity index (χ0n) is 15.0. The molecule has 9 heteroatoms. The van der Waals surface area contributed by atoms with Crippen LogP contribution in [0.1, 0.15) is 0 Å². The number of hydrogen-bond donors (Lipinski definition) is 1. The molecule has 0 bridgehead atoms. The number of anilines is 1. The molecule has 0 aliphatic carbocycles. The fourth-order valence-corrected chi connectivity index (χ4v) is 3.63. The normalized spacial score (nSPS) is 10.9. The molecule has 0 aliphatic rings. The van der Waals surface area contributed by atoms with E-state index in [0.29, 0.717) is 27.1 Å². The molecule has 0 aliphatic heterocycles. The number of halogens is 3. The second-order valence-electron chi connectivity index (χ2n) is 5.92. The van der Waals surface area contributed by atoms with Crippen LogP contribution in [-0.4, -0.2) is 22.1 Å². The molecule has 2 aromatic carbocycles. The molecule has 0 spiro atoms. The SMILES string of the molecule is COc1nc(NSc2ccccc2Cl)c(F)cc1-c1ccc2nc(F)ncc2c1. The lowest BCUT2D eigenvalue weighted by Gasteiger charge is -2.13. The lowest BCUT2D eigenvalue weighted by molar-refractivity contribution is 0.399. The molecule has 0 unspecified atom stereocenters. The topological polar surface area (TPSA) is 59.9 Å². The summed E-state index contributed by atoms with van der Waals surface area (Å²) in [5.74, 6) is -0.312. The monoisotopic (exact) mass is 430 g/mol. The Bertz CT molecular complexity index is 1210. The maximum absolute atomic E-state index is 14.7. The van der Waals surface area contributed by atoms with Crippen molar-refractivity contribution in [1.29, 1.82) is 0 Å². The van der Waals surface area contributed by atoms with Gasteiger partial charge in [-0.05, 0) is 47.8 Å². The molecule has 0 atom stereocenters. The summed E-state index contributed by atoms with van der Waals surface area (Å²) in [5, 5.41) is 1.16. The molecule has 1 N–H and O–H groups in total. The summed E-state index contributed by atoms with van der Waals surface area (Å²) in [7, 11) is 1.45. The van der Waals surface area contributed by atoms with Gasteiger partial charge >= 0.3 is 6.08 Å². The van der Waals surface area contributed by atoms with Gasteiger partial charge in [0.1, 0.15) is 0 Å². The minimum Gasteiger partial charge on any atom is -0.480 e. The highest BCUT2D eigenvalue weighted by Crippen LogP contribution is 2.35. The van der Waals surface area contributed by atoms with Gasteiger partial charge in [-0.25, -0.2) is 14.4 Å². The van der Waals surface area contributed by atoms with Gasteiger partial charge < -0.3 is 9.46 Å². The van der Waals surface area contributed by atoms with Crippen molar-refractivity contribution in [3.63, 3.8) is 0 Å². The fourth-order valence-electron chi connectivity index (χ4n) is 2.72. The van der Waals surface area contributed by atoms with Crippen molar-refractivity contribution < 1.29 is 13.5 Å². The predicted molar refractivity (Wildman–Crippen MR) is 110 cm³/mol. The molecule has 0 saturated heterocycles. The number of fused-ring (bicyclic) bond motifs is 1. The average Bonchev–Trinajstić information content (AvgIpc) is 2.73. The molecular formula is C20H13ClF2N4OS. The lowest BCUT2D eigenvalue weighted by Crippen LogP contribution is -2.00. The van der Waals surface area contributed by atoms with E-state index in [0.717, 1.165) is 16.8 Å². The molecule has 0 saturated carbocycles. The van der Waals surface area contributed by atoms with Crippen LogP contribution in [0.25, 0.3) is 22.0 Å². The molecule has 4 rings (SSSR count). The molecule has 29 heavy (non-hydrogen) atoms. The molecule has 0 amide bonds. The predicted octanol–water partition coefficient (Wildman–Crippen LogP) is 5.75. The van der Waals surface area contributed by atoms with Crippen molar-refractivity contribution >= 4 is 40.3 Å². The Morgan fingerprint density at radius 1 is 1.07 bits per heavy atom. The van der Waals surface area contributed by atoms with E-state index in [1.54, 1.807) is 24.3 Å². The van der Waals surface area contributed by atoms with Gasteiger partial charge in [0.2, 0.25) is 5.88 Å². The molecular weight excluding hydrogens is 418 g/mol. The first kappa shape index (κ1) is 19.4.